The first-order valence-electron chi connectivity index (χ1n) is 10.2. The van der Waals surface area contributed by atoms with Crippen LogP contribution >= 0.6 is 0 Å². The lowest BCUT2D eigenvalue weighted by atomic mass is 10.1. The Morgan fingerprint density at radius 1 is 1.03 bits per heavy atom. The summed E-state index contributed by atoms with van der Waals surface area (Å²) in [6, 6.07) is 11.7. The van der Waals surface area contributed by atoms with Crippen LogP contribution in [0.25, 0.3) is 17.0 Å². The molecule has 1 fully saturated rings. The fourth-order valence-corrected chi connectivity index (χ4v) is 3.82. The summed E-state index contributed by atoms with van der Waals surface area (Å²) in [7, 11) is 2.91. The van der Waals surface area contributed by atoms with Crippen LogP contribution in [0.1, 0.15) is 18.9 Å². The third kappa shape index (κ3) is 3.60. The van der Waals surface area contributed by atoms with Crippen molar-refractivity contribution >= 4 is 40.5 Å². The van der Waals surface area contributed by atoms with Crippen molar-refractivity contribution in [1.82, 2.24) is 9.88 Å². The zero-order chi connectivity index (χ0) is 22.8. The molecule has 32 heavy (non-hydrogen) atoms. The summed E-state index contributed by atoms with van der Waals surface area (Å²) in [4.78, 5) is 39.5. The van der Waals surface area contributed by atoms with Gasteiger partial charge in [-0.1, -0.05) is 25.1 Å². The summed E-state index contributed by atoms with van der Waals surface area (Å²) in [5, 5.41) is 3.17. The molecular weight excluding hydrogens is 410 g/mol. The highest BCUT2D eigenvalue weighted by atomic mass is 16.5. The van der Waals surface area contributed by atoms with E-state index < -0.39 is 17.8 Å². The van der Waals surface area contributed by atoms with Gasteiger partial charge in [0.25, 0.3) is 11.8 Å². The molecule has 1 saturated heterocycles. The van der Waals surface area contributed by atoms with E-state index in [1.807, 2.05) is 30.5 Å². The summed E-state index contributed by atoms with van der Waals surface area (Å²) in [6.07, 6.45) is 4.37. The van der Waals surface area contributed by atoms with E-state index in [1.54, 1.807) is 12.1 Å². The van der Waals surface area contributed by atoms with Crippen LogP contribution in [0.4, 0.5) is 10.5 Å². The number of barbiturate groups is 1. The standard InChI is InChI=1S/C24H23N3O5/c1-4-11-26-14-15(17-7-5-6-8-19(17)26)12-18-22(28)25-24(30)27(23(18)29)20-13-16(31-2)9-10-21(20)32-3/h5-10,12-14H,4,11H2,1-3H3,(H,25,28,30). The molecule has 1 N–H and O–H groups in total. The molecule has 4 amide bonds. The Hall–Kier alpha value is -4.07. The number of aryl methyl sites for hydroxylation is 1. The smallest absolute Gasteiger partial charge is 0.336 e. The van der Waals surface area contributed by atoms with Gasteiger partial charge in [-0.3, -0.25) is 14.9 Å². The van der Waals surface area contributed by atoms with Gasteiger partial charge in [0.15, 0.2) is 0 Å². The van der Waals surface area contributed by atoms with Crippen molar-refractivity contribution in [3.8, 4) is 11.5 Å². The minimum atomic E-state index is -0.850. The first kappa shape index (κ1) is 21.2. The van der Waals surface area contributed by atoms with Crippen LogP contribution in [0.5, 0.6) is 11.5 Å². The van der Waals surface area contributed by atoms with Crippen LogP contribution in [0.2, 0.25) is 0 Å². The molecule has 4 rings (SSSR count). The molecule has 1 aromatic heterocycles. The number of hydrogen-bond donors (Lipinski definition) is 1. The van der Waals surface area contributed by atoms with Gasteiger partial charge in [0, 0.05) is 35.3 Å². The predicted octanol–water partition coefficient (Wildman–Crippen LogP) is 3.73. The average molecular weight is 433 g/mol. The lowest BCUT2D eigenvalue weighted by Crippen LogP contribution is -2.54. The largest absolute Gasteiger partial charge is 0.497 e. The van der Waals surface area contributed by atoms with E-state index in [4.69, 9.17) is 9.47 Å². The fraction of sp³-hybridized carbons (Fsp3) is 0.208. The van der Waals surface area contributed by atoms with Crippen LogP contribution in [0.3, 0.4) is 0 Å². The molecule has 3 aromatic rings. The number of methoxy groups -OCH3 is 2. The minimum absolute atomic E-state index is 0.145. The molecule has 0 bridgehead atoms. The van der Waals surface area contributed by atoms with Gasteiger partial charge in [-0.05, 0) is 30.7 Å². The topological polar surface area (TPSA) is 89.9 Å². The van der Waals surface area contributed by atoms with Crippen LogP contribution in [0, 0.1) is 0 Å². The maximum Gasteiger partial charge on any atom is 0.336 e. The van der Waals surface area contributed by atoms with Gasteiger partial charge >= 0.3 is 6.03 Å². The number of rotatable bonds is 6. The predicted molar refractivity (Wildman–Crippen MR) is 121 cm³/mol. The highest BCUT2D eigenvalue weighted by molar-refractivity contribution is 6.39. The maximum atomic E-state index is 13.4. The third-order valence-electron chi connectivity index (χ3n) is 5.31. The van der Waals surface area contributed by atoms with E-state index in [9.17, 15) is 14.4 Å². The van der Waals surface area contributed by atoms with Gasteiger partial charge in [0.2, 0.25) is 0 Å². The Morgan fingerprint density at radius 3 is 2.53 bits per heavy atom. The molecule has 8 nitrogen and oxygen atoms in total. The zero-order valence-corrected chi connectivity index (χ0v) is 18.0. The van der Waals surface area contributed by atoms with Gasteiger partial charge in [0.1, 0.15) is 17.1 Å². The third-order valence-corrected chi connectivity index (χ3v) is 5.31. The number of anilines is 1. The number of urea groups is 1. The van der Waals surface area contributed by atoms with Crippen LogP contribution in [-0.4, -0.2) is 36.6 Å². The Bertz CT molecular complexity index is 1260. The number of nitrogens with zero attached hydrogens (tertiary/aromatic N) is 2. The molecule has 2 aromatic carbocycles. The number of fused-ring (bicyclic) bond motifs is 1. The SMILES string of the molecule is CCCn1cc(C=C2C(=O)NC(=O)N(c3cc(OC)ccc3OC)C2=O)c2ccccc21. The van der Waals surface area contributed by atoms with E-state index in [-0.39, 0.29) is 11.3 Å². The lowest BCUT2D eigenvalue weighted by Gasteiger charge is -2.27. The molecule has 1 aliphatic heterocycles. The number of carbonyl (C=O) groups excluding carboxylic acids is 3. The molecule has 0 saturated carbocycles. The molecule has 1 aliphatic rings. The summed E-state index contributed by atoms with van der Waals surface area (Å²) >= 11 is 0. The van der Waals surface area contributed by atoms with Gasteiger partial charge < -0.3 is 14.0 Å². The molecule has 2 heterocycles. The lowest BCUT2D eigenvalue weighted by molar-refractivity contribution is -0.122. The van der Waals surface area contributed by atoms with E-state index in [1.165, 1.54) is 26.4 Å². The van der Waals surface area contributed by atoms with Crippen molar-refractivity contribution in [1.29, 1.82) is 0 Å². The van der Waals surface area contributed by atoms with E-state index >= 15 is 0 Å². The van der Waals surface area contributed by atoms with Crippen LogP contribution < -0.4 is 19.7 Å². The number of nitrogens with one attached hydrogen (secondary N) is 1. The Balaban J connectivity index is 1.82. The highest BCUT2D eigenvalue weighted by Gasteiger charge is 2.38. The Kier molecular flexibility index (Phi) is 5.68. The monoisotopic (exact) mass is 433 g/mol. The fourth-order valence-electron chi connectivity index (χ4n) is 3.82. The number of benzene rings is 2. The molecule has 164 valence electrons. The van der Waals surface area contributed by atoms with Gasteiger partial charge in [-0.15, -0.1) is 0 Å². The maximum absolute atomic E-state index is 13.4. The molecule has 0 unspecified atom stereocenters. The summed E-state index contributed by atoms with van der Waals surface area (Å²) in [5.41, 5.74) is 1.77. The van der Waals surface area contributed by atoms with Crippen molar-refractivity contribution in [3.05, 3.63) is 59.8 Å². The molecule has 0 aliphatic carbocycles. The molecule has 0 atom stereocenters. The summed E-state index contributed by atoms with van der Waals surface area (Å²) in [6.45, 7) is 2.88. The number of carbonyl (C=O) groups is 3. The second kappa shape index (κ2) is 8.58. The number of amides is 4. The molecule has 0 radical (unpaired) electrons. The highest BCUT2D eigenvalue weighted by Crippen LogP contribution is 2.35. The van der Waals surface area contributed by atoms with E-state index in [2.05, 4.69) is 16.8 Å². The van der Waals surface area contributed by atoms with Crippen LogP contribution in [0.15, 0.2) is 54.2 Å². The van der Waals surface area contributed by atoms with Gasteiger partial charge in [-0.25, -0.2) is 9.69 Å². The van der Waals surface area contributed by atoms with Crippen molar-refractivity contribution in [3.63, 3.8) is 0 Å². The first-order chi connectivity index (χ1) is 15.5. The number of imide groups is 2. The number of para-hydroxylation sites is 1. The van der Waals surface area contributed by atoms with Crippen molar-refractivity contribution in [2.75, 3.05) is 19.1 Å². The van der Waals surface area contributed by atoms with E-state index in [0.717, 1.165) is 34.3 Å². The summed E-state index contributed by atoms with van der Waals surface area (Å²) in [5.74, 6) is -0.753. The summed E-state index contributed by atoms with van der Waals surface area (Å²) < 4.78 is 12.6. The van der Waals surface area contributed by atoms with E-state index in [0.29, 0.717) is 11.5 Å². The Labute approximate surface area is 185 Å². The normalized spacial score (nSPS) is 15.4. The number of hydrogen-bond acceptors (Lipinski definition) is 5. The van der Waals surface area contributed by atoms with Crippen molar-refractivity contribution in [2.45, 2.75) is 19.9 Å². The van der Waals surface area contributed by atoms with Crippen molar-refractivity contribution in [2.24, 2.45) is 0 Å². The Morgan fingerprint density at radius 2 is 1.81 bits per heavy atom. The molecular formula is C24H23N3O5. The molecule has 8 heteroatoms. The second-order valence-electron chi connectivity index (χ2n) is 7.29. The number of ether oxygens (including phenoxy) is 2. The van der Waals surface area contributed by atoms with Crippen LogP contribution in [-0.2, 0) is 16.1 Å². The second-order valence-corrected chi connectivity index (χ2v) is 7.29. The van der Waals surface area contributed by atoms with Gasteiger partial charge in [-0.2, -0.15) is 0 Å². The average Bonchev–Trinajstić information content (AvgIpc) is 3.14. The first-order valence-corrected chi connectivity index (χ1v) is 10.2. The number of aromatic nitrogens is 1. The minimum Gasteiger partial charge on any atom is -0.497 e. The zero-order valence-electron chi connectivity index (χ0n) is 18.0. The van der Waals surface area contributed by atoms with Crippen molar-refractivity contribution < 1.29 is 23.9 Å². The quantitative estimate of drug-likeness (QED) is 0.473. The van der Waals surface area contributed by atoms with Gasteiger partial charge in [0.05, 0.1) is 19.9 Å². The molecule has 0 spiro atoms.